The number of allylic oxidation sites excluding steroid dienone is 1. The number of piperidine rings is 1. The molecule has 3 saturated heterocycles. The number of halogens is 2. The van der Waals surface area contributed by atoms with Crippen LogP contribution in [-0.4, -0.2) is 108 Å². The quantitative estimate of drug-likeness (QED) is 0.146. The van der Waals surface area contributed by atoms with Crippen LogP contribution in [0.3, 0.4) is 0 Å². The van der Waals surface area contributed by atoms with E-state index in [9.17, 15) is 18.3 Å². The number of thioether (sulfide) groups is 2. The average molecular weight is 1010 g/mol. The molecule has 0 aromatic heterocycles. The summed E-state index contributed by atoms with van der Waals surface area (Å²) < 4.78 is 37.1. The number of alkyl halides is 1. The molecular weight excluding hydrogens is 947 g/mol. The molecule has 9 nitrogen and oxygen atoms in total. The Balaban J connectivity index is 0.000000357. The third kappa shape index (κ3) is 10.5. The zero-order valence-corrected chi connectivity index (χ0v) is 41.0. The van der Waals surface area contributed by atoms with Gasteiger partial charge in [-0.3, -0.25) is 9.69 Å². The van der Waals surface area contributed by atoms with Gasteiger partial charge in [-0.05, 0) is 146 Å². The van der Waals surface area contributed by atoms with E-state index >= 15 is 0 Å². The lowest BCUT2D eigenvalue weighted by Gasteiger charge is -2.51. The molecule has 1 saturated carbocycles. The van der Waals surface area contributed by atoms with E-state index in [1.54, 1.807) is 19.1 Å². The zero-order valence-electron chi connectivity index (χ0n) is 35.7. The van der Waals surface area contributed by atoms with Crippen LogP contribution in [-0.2, 0) is 21.9 Å². The number of hydrogen-bond acceptors (Lipinski definition) is 10. The minimum atomic E-state index is -3.95. The summed E-state index contributed by atoms with van der Waals surface area (Å²) in [7, 11) is -3.95. The van der Waals surface area contributed by atoms with E-state index in [4.69, 9.17) is 16.3 Å². The number of piperazine rings is 1. The summed E-state index contributed by atoms with van der Waals surface area (Å²) in [5.41, 5.74) is 2.32. The summed E-state index contributed by atoms with van der Waals surface area (Å²) >= 11 is 12.4. The second-order valence-corrected chi connectivity index (χ2v) is 24.7. The maximum absolute atomic E-state index is 13.5. The number of aryl methyl sites for hydroxylation is 1. The molecule has 2 aliphatic carbocycles. The van der Waals surface area contributed by atoms with Gasteiger partial charge < -0.3 is 20.1 Å². The molecule has 2 bridgehead atoms. The summed E-state index contributed by atoms with van der Waals surface area (Å²) in [4.78, 5) is 18.5. The van der Waals surface area contributed by atoms with Gasteiger partial charge in [0.1, 0.15) is 11.4 Å². The molecule has 332 valence electrons. The molecular formula is C46H66ClIN4O5S3. The van der Waals surface area contributed by atoms with Crippen molar-refractivity contribution in [3.8, 4) is 5.75 Å². The van der Waals surface area contributed by atoms with E-state index in [-0.39, 0.29) is 33.3 Å². The first-order valence-corrected chi connectivity index (χ1v) is 27.9. The lowest BCUT2D eigenvalue weighted by Crippen LogP contribution is -2.55. The Hall–Kier alpha value is -1.20. The molecule has 1 spiro atoms. The fourth-order valence-electron chi connectivity index (χ4n) is 10.4. The first-order chi connectivity index (χ1) is 28.9. The van der Waals surface area contributed by atoms with Crippen LogP contribution >= 0.6 is 57.7 Å². The van der Waals surface area contributed by atoms with Crippen molar-refractivity contribution in [1.82, 2.24) is 14.9 Å². The standard InChI is InChI=1S/C36H45ClN2O5S3.C8H16N2.C2H5I/c1-23-6-3-15-36(41,34-45-16-5-17-46-34)30-11-8-27(30)20-39-21-35(14-4-7-25-18-28(37)10-12-29(25)35)22-44-32-13-9-26(19-31(32)39)33(40)38-47(42,43)24(23)2;1-2-5-10-6-4-9-7-8(10)3-1;1-2-3/h3,9-10,12-13,15,18-19,23-24,27,30,34,41H,4-8,11,14,16-17,20-22H2,1-2H3,(H,38,40);8-9H,1-7H2;2H2,1H3/b15-3+;;/t23-,24+,27-,30+,35-,36+;8-;/m01./s1. The fraction of sp³-hybridized carbons (Fsp3) is 0.674. The number of hydrogen-bond donors (Lipinski definition) is 3. The van der Waals surface area contributed by atoms with Crippen molar-refractivity contribution in [2.75, 3.05) is 66.7 Å². The van der Waals surface area contributed by atoms with Crippen molar-refractivity contribution >= 4 is 79.3 Å². The van der Waals surface area contributed by atoms with Gasteiger partial charge in [0.15, 0.2) is 0 Å². The van der Waals surface area contributed by atoms with Gasteiger partial charge in [0.2, 0.25) is 10.0 Å². The summed E-state index contributed by atoms with van der Waals surface area (Å²) in [6.45, 7) is 12.6. The van der Waals surface area contributed by atoms with Crippen molar-refractivity contribution < 1.29 is 23.1 Å². The highest BCUT2D eigenvalue weighted by molar-refractivity contribution is 14.1. The number of nitrogens with zero attached hydrogens (tertiary/aromatic N) is 2. The number of nitrogens with one attached hydrogen (secondary N) is 2. The highest BCUT2D eigenvalue weighted by Gasteiger charge is 2.52. The van der Waals surface area contributed by atoms with Gasteiger partial charge in [0.25, 0.3) is 5.91 Å². The smallest absolute Gasteiger partial charge is 0.264 e. The van der Waals surface area contributed by atoms with Gasteiger partial charge in [0, 0.05) is 54.8 Å². The Labute approximate surface area is 386 Å². The summed E-state index contributed by atoms with van der Waals surface area (Å²) in [6, 6.07) is 12.4. The lowest BCUT2D eigenvalue weighted by atomic mass is 9.64. The minimum absolute atomic E-state index is 0.0302. The van der Waals surface area contributed by atoms with Gasteiger partial charge in [-0.1, -0.05) is 72.7 Å². The molecule has 4 fully saturated rings. The largest absolute Gasteiger partial charge is 0.490 e. The average Bonchev–Trinajstić information content (AvgIpc) is 3.39. The molecule has 7 atom stereocenters. The Kier molecular flexibility index (Phi) is 16.2. The molecule has 2 aromatic rings. The van der Waals surface area contributed by atoms with Crippen molar-refractivity contribution in [1.29, 1.82) is 0 Å². The maximum atomic E-state index is 13.5. The molecule has 60 heavy (non-hydrogen) atoms. The third-order valence-electron chi connectivity index (χ3n) is 14.1. The number of anilines is 1. The highest BCUT2D eigenvalue weighted by Crippen LogP contribution is 2.53. The molecule has 0 radical (unpaired) electrons. The first-order valence-electron chi connectivity index (χ1n) is 22.4. The van der Waals surface area contributed by atoms with E-state index in [0.29, 0.717) is 31.9 Å². The molecule has 7 aliphatic rings. The molecule has 14 heteroatoms. The van der Waals surface area contributed by atoms with E-state index in [0.717, 1.165) is 66.8 Å². The number of carbonyl (C=O) groups excluding carboxylic acids is 1. The molecule has 5 aliphatic heterocycles. The Bertz CT molecular complexity index is 1910. The highest BCUT2D eigenvalue weighted by atomic mass is 127. The van der Waals surface area contributed by atoms with Crippen LogP contribution in [0, 0.1) is 17.8 Å². The van der Waals surface area contributed by atoms with Crippen LogP contribution in [0.5, 0.6) is 5.75 Å². The van der Waals surface area contributed by atoms with Crippen LogP contribution in [0.4, 0.5) is 5.69 Å². The van der Waals surface area contributed by atoms with Crippen LogP contribution < -0.4 is 19.7 Å². The number of sulfonamides is 1. The van der Waals surface area contributed by atoms with E-state index in [1.165, 1.54) is 61.0 Å². The predicted octanol–water partition coefficient (Wildman–Crippen LogP) is 8.70. The summed E-state index contributed by atoms with van der Waals surface area (Å²) in [6.07, 6.45) is 14.8. The van der Waals surface area contributed by atoms with Crippen molar-refractivity contribution in [2.24, 2.45) is 17.8 Å². The SMILES string of the molecule is C1CCN2CCNC[C@H]2C1.CCI.C[C@@H]1[C@@H](C)C/C=C/[C@](O)(C2SCCCS2)[C@@H]2CC[C@H]2CN2C[C@@]3(CCCc4cc(Cl)ccc43)COc3ccc(cc32)C(=O)NS1(=O)=O. The number of rotatable bonds is 1. The number of benzene rings is 2. The third-order valence-corrected chi connectivity index (χ3v) is 19.5. The van der Waals surface area contributed by atoms with Crippen molar-refractivity contribution in [2.45, 2.75) is 112 Å². The molecule has 1 amide bonds. The number of carbonyl (C=O) groups is 1. The Morgan fingerprint density at radius 1 is 1.03 bits per heavy atom. The maximum Gasteiger partial charge on any atom is 0.264 e. The first kappa shape index (κ1) is 46.8. The number of fused-ring (bicyclic) bond motifs is 5. The molecule has 2 aromatic carbocycles. The van der Waals surface area contributed by atoms with E-state index < -0.39 is 26.8 Å². The Morgan fingerprint density at radius 2 is 1.83 bits per heavy atom. The normalized spacial score (nSPS) is 33.6. The van der Waals surface area contributed by atoms with Crippen LogP contribution in [0.1, 0.15) is 100 Å². The molecule has 3 N–H and O–H groups in total. The molecule has 5 heterocycles. The van der Waals surface area contributed by atoms with Gasteiger partial charge in [-0.2, -0.15) is 0 Å². The number of amides is 1. The van der Waals surface area contributed by atoms with Crippen LogP contribution in [0.2, 0.25) is 5.02 Å². The predicted molar refractivity (Wildman–Crippen MR) is 260 cm³/mol. The van der Waals surface area contributed by atoms with E-state index in [2.05, 4.69) is 61.5 Å². The fourth-order valence-corrected chi connectivity index (χ4v) is 15.1. The summed E-state index contributed by atoms with van der Waals surface area (Å²) in [5, 5.41) is 16.0. The minimum Gasteiger partial charge on any atom is -0.490 e. The second-order valence-electron chi connectivity index (χ2n) is 18.0. The number of aliphatic hydroxyl groups is 1. The van der Waals surface area contributed by atoms with Gasteiger partial charge >= 0.3 is 0 Å². The van der Waals surface area contributed by atoms with Crippen LogP contribution in [0.15, 0.2) is 48.6 Å². The second kappa shape index (κ2) is 20.7. The monoisotopic (exact) mass is 1010 g/mol. The van der Waals surface area contributed by atoms with Gasteiger partial charge in [-0.25, -0.2) is 13.1 Å². The van der Waals surface area contributed by atoms with E-state index in [1.807, 2.05) is 54.7 Å². The Morgan fingerprint density at radius 3 is 2.58 bits per heavy atom. The van der Waals surface area contributed by atoms with Crippen molar-refractivity contribution in [3.05, 3.63) is 70.3 Å². The lowest BCUT2D eigenvalue weighted by molar-refractivity contribution is -0.0333. The molecule has 9 rings (SSSR count). The topological polar surface area (TPSA) is 111 Å². The zero-order chi connectivity index (χ0) is 42.5. The van der Waals surface area contributed by atoms with Gasteiger partial charge in [-0.15, -0.1) is 23.5 Å². The van der Waals surface area contributed by atoms with Crippen molar-refractivity contribution in [3.63, 3.8) is 0 Å². The molecule has 0 unspecified atom stereocenters. The number of ether oxygens (including phenoxy) is 1. The van der Waals surface area contributed by atoms with Crippen LogP contribution in [0.25, 0.3) is 0 Å². The van der Waals surface area contributed by atoms with Gasteiger partial charge in [0.05, 0.1) is 22.1 Å². The summed E-state index contributed by atoms with van der Waals surface area (Å²) in [5.74, 6) is 2.18.